The van der Waals surface area contributed by atoms with Crippen molar-refractivity contribution in [2.75, 3.05) is 26.7 Å². The predicted octanol–water partition coefficient (Wildman–Crippen LogP) is 1.45. The molecule has 0 aromatic heterocycles. The van der Waals surface area contributed by atoms with Crippen molar-refractivity contribution in [3.63, 3.8) is 0 Å². The Morgan fingerprint density at radius 2 is 2.11 bits per heavy atom. The minimum atomic E-state index is 0.0343. The molecule has 0 bridgehead atoms. The molecule has 1 aromatic rings. The van der Waals surface area contributed by atoms with E-state index in [9.17, 15) is 4.79 Å². The zero-order chi connectivity index (χ0) is 13.2. The number of hydrogen-bond acceptors (Lipinski definition) is 3. The van der Waals surface area contributed by atoms with Gasteiger partial charge in [-0.2, -0.15) is 0 Å². The molecule has 3 rings (SSSR count). The summed E-state index contributed by atoms with van der Waals surface area (Å²) in [5, 5.41) is 2.86. The van der Waals surface area contributed by atoms with Gasteiger partial charge in [-0.25, -0.2) is 0 Å². The lowest BCUT2D eigenvalue weighted by atomic mass is 10.00. The van der Waals surface area contributed by atoms with Crippen molar-refractivity contribution in [3.8, 4) is 5.75 Å². The Morgan fingerprint density at radius 3 is 2.89 bits per heavy atom. The molecular weight excluding hydrogens is 240 g/mol. The molecule has 0 spiro atoms. The molecule has 0 unspecified atom stereocenters. The van der Waals surface area contributed by atoms with E-state index in [-0.39, 0.29) is 5.91 Å². The van der Waals surface area contributed by atoms with E-state index in [0.29, 0.717) is 6.10 Å². The Bertz CT molecular complexity index is 479. The molecule has 4 nitrogen and oxygen atoms in total. The molecule has 0 atom stereocenters. The highest BCUT2D eigenvalue weighted by Crippen LogP contribution is 2.23. The van der Waals surface area contributed by atoms with Crippen molar-refractivity contribution in [2.45, 2.75) is 25.4 Å². The van der Waals surface area contributed by atoms with Gasteiger partial charge in [0.25, 0.3) is 5.91 Å². The lowest BCUT2D eigenvalue weighted by Crippen LogP contribution is -2.35. The van der Waals surface area contributed by atoms with E-state index in [0.717, 1.165) is 55.8 Å². The summed E-state index contributed by atoms with van der Waals surface area (Å²) in [6.07, 6.45) is 3.36. The quantitative estimate of drug-likeness (QED) is 0.875. The van der Waals surface area contributed by atoms with Gasteiger partial charge in [-0.3, -0.25) is 4.79 Å². The molecule has 0 aliphatic carbocycles. The molecule has 1 aromatic carbocycles. The first-order valence-corrected chi connectivity index (χ1v) is 6.99. The highest BCUT2D eigenvalue weighted by molar-refractivity contribution is 5.96. The van der Waals surface area contributed by atoms with Crippen LogP contribution in [0.5, 0.6) is 5.75 Å². The first-order chi connectivity index (χ1) is 9.22. The van der Waals surface area contributed by atoms with Gasteiger partial charge in [-0.1, -0.05) is 0 Å². The first kappa shape index (κ1) is 12.5. The number of nitrogens with zero attached hydrogens (tertiary/aromatic N) is 1. The third kappa shape index (κ3) is 2.73. The van der Waals surface area contributed by atoms with Gasteiger partial charge >= 0.3 is 0 Å². The van der Waals surface area contributed by atoms with Gasteiger partial charge in [0.05, 0.1) is 0 Å². The molecule has 1 amide bonds. The SMILES string of the molecule is CN1CCC(Oc2ccc3c(c2)CCNC3=O)CC1. The minimum absolute atomic E-state index is 0.0343. The Kier molecular flexibility index (Phi) is 3.42. The number of carbonyl (C=O) groups excluding carboxylic acids is 1. The number of amides is 1. The van der Waals surface area contributed by atoms with Crippen LogP contribution in [-0.2, 0) is 6.42 Å². The second kappa shape index (κ2) is 5.21. The second-order valence-corrected chi connectivity index (χ2v) is 5.45. The van der Waals surface area contributed by atoms with Crippen molar-refractivity contribution in [3.05, 3.63) is 29.3 Å². The summed E-state index contributed by atoms with van der Waals surface area (Å²) in [5.74, 6) is 0.940. The Hall–Kier alpha value is -1.55. The Balaban J connectivity index is 1.70. The Labute approximate surface area is 113 Å². The second-order valence-electron chi connectivity index (χ2n) is 5.45. The van der Waals surface area contributed by atoms with Crippen molar-refractivity contribution in [1.82, 2.24) is 10.2 Å². The van der Waals surface area contributed by atoms with Crippen LogP contribution < -0.4 is 10.1 Å². The number of hydrogen-bond donors (Lipinski definition) is 1. The van der Waals surface area contributed by atoms with Crippen LogP contribution in [0.4, 0.5) is 0 Å². The highest BCUT2D eigenvalue weighted by Gasteiger charge is 2.20. The van der Waals surface area contributed by atoms with Gasteiger partial charge in [0.2, 0.25) is 0 Å². The van der Waals surface area contributed by atoms with E-state index in [2.05, 4.69) is 17.3 Å². The average molecular weight is 260 g/mol. The summed E-state index contributed by atoms with van der Waals surface area (Å²) >= 11 is 0. The molecule has 102 valence electrons. The lowest BCUT2D eigenvalue weighted by Gasteiger charge is -2.29. The number of likely N-dealkylation sites (tertiary alicyclic amines) is 1. The van der Waals surface area contributed by atoms with Crippen molar-refractivity contribution < 1.29 is 9.53 Å². The van der Waals surface area contributed by atoms with Crippen LogP contribution >= 0.6 is 0 Å². The largest absolute Gasteiger partial charge is 0.490 e. The lowest BCUT2D eigenvalue weighted by molar-refractivity contribution is 0.0945. The molecule has 4 heteroatoms. The standard InChI is InChI=1S/C15H20N2O2/c1-17-8-5-12(6-9-17)19-13-2-3-14-11(10-13)4-7-16-15(14)18/h2-3,10,12H,4-9H2,1H3,(H,16,18). The van der Waals surface area contributed by atoms with E-state index in [1.807, 2.05) is 18.2 Å². The van der Waals surface area contributed by atoms with Gasteiger partial charge in [0.1, 0.15) is 11.9 Å². The molecule has 2 heterocycles. The zero-order valence-electron chi connectivity index (χ0n) is 11.3. The van der Waals surface area contributed by atoms with Crippen molar-refractivity contribution >= 4 is 5.91 Å². The van der Waals surface area contributed by atoms with Crippen LogP contribution in [0, 0.1) is 0 Å². The fourth-order valence-corrected chi connectivity index (χ4v) is 2.77. The first-order valence-electron chi connectivity index (χ1n) is 6.99. The maximum atomic E-state index is 11.7. The Morgan fingerprint density at radius 1 is 1.32 bits per heavy atom. The fraction of sp³-hybridized carbons (Fsp3) is 0.533. The van der Waals surface area contributed by atoms with E-state index >= 15 is 0 Å². The van der Waals surface area contributed by atoms with Crippen LogP contribution in [0.1, 0.15) is 28.8 Å². The zero-order valence-corrected chi connectivity index (χ0v) is 11.3. The number of fused-ring (bicyclic) bond motifs is 1. The maximum absolute atomic E-state index is 11.7. The summed E-state index contributed by atoms with van der Waals surface area (Å²) in [4.78, 5) is 14.0. The van der Waals surface area contributed by atoms with Crippen LogP contribution in [0.3, 0.4) is 0 Å². The molecule has 19 heavy (non-hydrogen) atoms. The van der Waals surface area contributed by atoms with Gasteiger partial charge in [0, 0.05) is 25.2 Å². The number of nitrogens with one attached hydrogen (secondary N) is 1. The minimum Gasteiger partial charge on any atom is -0.490 e. The van der Waals surface area contributed by atoms with E-state index < -0.39 is 0 Å². The molecule has 0 saturated carbocycles. The third-order valence-corrected chi connectivity index (χ3v) is 3.97. The maximum Gasteiger partial charge on any atom is 0.251 e. The predicted molar refractivity (Wildman–Crippen MR) is 73.6 cm³/mol. The van der Waals surface area contributed by atoms with Crippen LogP contribution in [0.25, 0.3) is 0 Å². The van der Waals surface area contributed by atoms with Gasteiger partial charge in [-0.15, -0.1) is 0 Å². The number of carbonyl (C=O) groups is 1. The van der Waals surface area contributed by atoms with Crippen LogP contribution in [-0.4, -0.2) is 43.6 Å². The highest BCUT2D eigenvalue weighted by atomic mass is 16.5. The molecule has 2 aliphatic heterocycles. The summed E-state index contributed by atoms with van der Waals surface area (Å²) in [6.45, 7) is 2.92. The average Bonchev–Trinajstić information content (AvgIpc) is 2.42. The van der Waals surface area contributed by atoms with Gasteiger partial charge in [0.15, 0.2) is 0 Å². The van der Waals surface area contributed by atoms with Crippen molar-refractivity contribution in [1.29, 1.82) is 0 Å². The topological polar surface area (TPSA) is 41.6 Å². The normalized spacial score (nSPS) is 20.8. The summed E-state index contributed by atoms with van der Waals surface area (Å²) in [5.41, 5.74) is 1.90. The number of rotatable bonds is 2. The smallest absolute Gasteiger partial charge is 0.251 e. The summed E-state index contributed by atoms with van der Waals surface area (Å²) < 4.78 is 6.05. The molecule has 2 aliphatic rings. The van der Waals surface area contributed by atoms with Crippen molar-refractivity contribution in [2.24, 2.45) is 0 Å². The molecule has 1 fully saturated rings. The molecular formula is C15H20N2O2. The van der Waals surface area contributed by atoms with E-state index in [1.165, 1.54) is 0 Å². The number of benzene rings is 1. The van der Waals surface area contributed by atoms with Crippen LogP contribution in [0.15, 0.2) is 18.2 Å². The number of ether oxygens (including phenoxy) is 1. The third-order valence-electron chi connectivity index (χ3n) is 3.97. The van der Waals surface area contributed by atoms with E-state index in [4.69, 9.17) is 4.74 Å². The monoisotopic (exact) mass is 260 g/mol. The number of piperidine rings is 1. The fourth-order valence-electron chi connectivity index (χ4n) is 2.77. The van der Waals surface area contributed by atoms with Gasteiger partial charge < -0.3 is 15.0 Å². The molecule has 0 radical (unpaired) electrons. The molecule has 1 saturated heterocycles. The van der Waals surface area contributed by atoms with Gasteiger partial charge in [-0.05, 0) is 50.1 Å². The summed E-state index contributed by atoms with van der Waals surface area (Å²) in [7, 11) is 2.15. The summed E-state index contributed by atoms with van der Waals surface area (Å²) in [6, 6.07) is 5.84. The van der Waals surface area contributed by atoms with Crippen LogP contribution in [0.2, 0.25) is 0 Å². The molecule has 1 N–H and O–H groups in total. The van der Waals surface area contributed by atoms with E-state index in [1.54, 1.807) is 0 Å².